The highest BCUT2D eigenvalue weighted by molar-refractivity contribution is 6.08. The van der Waals surface area contributed by atoms with Gasteiger partial charge in [-0.3, -0.25) is 24.7 Å². The molecule has 0 amide bonds. The molecule has 7 heteroatoms. The van der Waals surface area contributed by atoms with Gasteiger partial charge >= 0.3 is 5.97 Å². The molecule has 0 aromatic heterocycles. The first-order valence-electron chi connectivity index (χ1n) is 9.66. The van der Waals surface area contributed by atoms with Crippen molar-refractivity contribution in [3.8, 4) is 0 Å². The molecule has 3 rings (SSSR count). The van der Waals surface area contributed by atoms with E-state index in [0.29, 0.717) is 42.0 Å². The summed E-state index contributed by atoms with van der Waals surface area (Å²) in [5.41, 5.74) is 2.30. The van der Waals surface area contributed by atoms with Crippen LogP contribution in [0.25, 0.3) is 0 Å². The van der Waals surface area contributed by atoms with E-state index >= 15 is 0 Å². The van der Waals surface area contributed by atoms with Gasteiger partial charge in [0.25, 0.3) is 5.69 Å². The molecule has 28 heavy (non-hydrogen) atoms. The van der Waals surface area contributed by atoms with Gasteiger partial charge in [0.05, 0.1) is 11.5 Å². The van der Waals surface area contributed by atoms with Crippen molar-refractivity contribution in [3.05, 3.63) is 51.2 Å². The number of hydrogen-bond donors (Lipinski definition) is 0. The molecule has 148 valence electrons. The number of ketones is 1. The number of nitro groups is 1. The summed E-state index contributed by atoms with van der Waals surface area (Å²) in [5, 5.41) is 11.2. The van der Waals surface area contributed by atoms with Crippen LogP contribution < -0.4 is 0 Å². The maximum absolute atomic E-state index is 12.9. The molecule has 7 nitrogen and oxygen atoms in total. The second-order valence-electron chi connectivity index (χ2n) is 7.22. The Labute approximate surface area is 163 Å². The van der Waals surface area contributed by atoms with E-state index < -0.39 is 22.7 Å². The third-order valence-corrected chi connectivity index (χ3v) is 5.27. The molecule has 0 saturated heterocycles. The smallest absolute Gasteiger partial charge is 0.315 e. The van der Waals surface area contributed by atoms with Crippen LogP contribution in [0.5, 0.6) is 0 Å². The molecular formula is C21H24N2O5. The van der Waals surface area contributed by atoms with E-state index in [4.69, 9.17) is 4.74 Å². The number of nitrogens with zero attached hydrogens (tertiary/aromatic N) is 2. The number of hydrogen-bond acceptors (Lipinski definition) is 6. The van der Waals surface area contributed by atoms with Crippen LogP contribution in [0.2, 0.25) is 0 Å². The largest absolute Gasteiger partial charge is 0.465 e. The van der Waals surface area contributed by atoms with E-state index in [-0.39, 0.29) is 11.5 Å². The van der Waals surface area contributed by atoms with Gasteiger partial charge in [0.1, 0.15) is 5.92 Å². The topological polar surface area (TPSA) is 98.9 Å². The fourth-order valence-corrected chi connectivity index (χ4v) is 3.91. The standard InChI is InChI=1S/C21H24N2O5/c1-3-4-11-28-21(25)18-13(2)22-16-9-6-10-17(24)20(16)19(18)14-7-5-8-15(12-14)23(26)27/h5,7-8,12,18-19H,3-4,6,9-11H2,1-2H3/t18?,19-/m1/s1. The average Bonchev–Trinajstić information content (AvgIpc) is 2.67. The monoisotopic (exact) mass is 384 g/mol. The number of rotatable bonds is 6. The number of non-ortho nitro benzene ring substituents is 1. The van der Waals surface area contributed by atoms with Crippen LogP contribution in [0.1, 0.15) is 57.4 Å². The molecule has 1 unspecified atom stereocenters. The zero-order valence-electron chi connectivity index (χ0n) is 16.1. The Balaban J connectivity index is 2.08. The number of aliphatic imine (C=N–C) groups is 1. The van der Waals surface area contributed by atoms with Crippen LogP contribution in [0.3, 0.4) is 0 Å². The molecule has 1 aromatic rings. The number of carbonyl (C=O) groups is 2. The Hall–Kier alpha value is -2.83. The van der Waals surface area contributed by atoms with Gasteiger partial charge in [-0.25, -0.2) is 0 Å². The van der Waals surface area contributed by atoms with Crippen LogP contribution in [-0.4, -0.2) is 29.0 Å². The minimum Gasteiger partial charge on any atom is -0.465 e. The van der Waals surface area contributed by atoms with Crippen LogP contribution >= 0.6 is 0 Å². The summed E-state index contributed by atoms with van der Waals surface area (Å²) in [6.45, 7) is 4.07. The Kier molecular flexibility index (Phi) is 6.02. The second kappa shape index (κ2) is 8.46. The molecule has 2 aliphatic rings. The zero-order valence-corrected chi connectivity index (χ0v) is 16.1. The van der Waals surface area contributed by atoms with Crippen LogP contribution in [0, 0.1) is 16.0 Å². The molecule has 0 spiro atoms. The van der Waals surface area contributed by atoms with Crippen molar-refractivity contribution in [2.75, 3.05) is 6.61 Å². The average molecular weight is 384 g/mol. The first-order chi connectivity index (χ1) is 13.4. The van der Waals surface area contributed by atoms with Gasteiger partial charge in [0.15, 0.2) is 5.78 Å². The van der Waals surface area contributed by atoms with Gasteiger partial charge in [-0.05, 0) is 31.7 Å². The molecule has 1 aromatic carbocycles. The Morgan fingerprint density at radius 3 is 2.86 bits per heavy atom. The number of benzene rings is 1. The third-order valence-electron chi connectivity index (χ3n) is 5.27. The van der Waals surface area contributed by atoms with E-state index in [1.165, 1.54) is 12.1 Å². The molecule has 2 atom stereocenters. The number of allylic oxidation sites excluding steroid dienone is 2. The predicted octanol–water partition coefficient (Wildman–Crippen LogP) is 4.12. The van der Waals surface area contributed by atoms with E-state index in [0.717, 1.165) is 19.3 Å². The lowest BCUT2D eigenvalue weighted by Crippen LogP contribution is -2.37. The molecule has 1 aliphatic heterocycles. The molecule has 0 radical (unpaired) electrons. The Bertz CT molecular complexity index is 871. The lowest BCUT2D eigenvalue weighted by atomic mass is 9.71. The van der Waals surface area contributed by atoms with Crippen molar-refractivity contribution in [1.29, 1.82) is 0 Å². The van der Waals surface area contributed by atoms with E-state index in [1.807, 2.05) is 6.92 Å². The highest BCUT2D eigenvalue weighted by Gasteiger charge is 2.43. The summed E-state index contributed by atoms with van der Waals surface area (Å²) in [5.74, 6) is -1.83. The minimum absolute atomic E-state index is 0.0413. The van der Waals surface area contributed by atoms with E-state index in [1.54, 1.807) is 19.1 Å². The quantitative estimate of drug-likeness (QED) is 0.318. The maximum Gasteiger partial charge on any atom is 0.315 e. The SMILES string of the molecule is CCCCOC(=O)C1C(C)=NC2=C(C(=O)CCC2)[C@@H]1c1cccc([N+](=O)[O-])c1. The lowest BCUT2D eigenvalue weighted by Gasteiger charge is -2.34. The molecule has 1 aliphatic carbocycles. The zero-order chi connectivity index (χ0) is 20.3. The first kappa shape index (κ1) is 19.9. The molecule has 0 bridgehead atoms. The second-order valence-corrected chi connectivity index (χ2v) is 7.22. The highest BCUT2D eigenvalue weighted by atomic mass is 16.6. The van der Waals surface area contributed by atoms with Gasteiger partial charge in [-0.2, -0.15) is 0 Å². The van der Waals surface area contributed by atoms with Crippen LogP contribution in [0.15, 0.2) is 40.5 Å². The lowest BCUT2D eigenvalue weighted by molar-refractivity contribution is -0.384. The molecule has 0 fully saturated rings. The van der Waals surface area contributed by atoms with Gasteiger partial charge in [0, 0.05) is 41.5 Å². The van der Waals surface area contributed by atoms with Gasteiger partial charge in [0.2, 0.25) is 0 Å². The van der Waals surface area contributed by atoms with Crippen molar-refractivity contribution in [2.24, 2.45) is 10.9 Å². The first-order valence-corrected chi connectivity index (χ1v) is 9.66. The normalized spacial score (nSPS) is 21.8. The summed E-state index contributed by atoms with van der Waals surface area (Å²) in [6, 6.07) is 6.17. The molecule has 1 heterocycles. The van der Waals surface area contributed by atoms with Crippen molar-refractivity contribution in [1.82, 2.24) is 0 Å². The molecule has 0 N–H and O–H groups in total. The number of esters is 1. The molecular weight excluding hydrogens is 360 g/mol. The molecule has 0 saturated carbocycles. The van der Waals surface area contributed by atoms with Crippen molar-refractivity contribution < 1.29 is 19.2 Å². The van der Waals surface area contributed by atoms with Gasteiger partial charge < -0.3 is 4.74 Å². The number of ether oxygens (including phenoxy) is 1. The third kappa shape index (κ3) is 3.88. The summed E-state index contributed by atoms with van der Waals surface area (Å²) in [7, 11) is 0. The number of unbranched alkanes of at least 4 members (excludes halogenated alkanes) is 1. The Morgan fingerprint density at radius 1 is 1.36 bits per heavy atom. The summed E-state index contributed by atoms with van der Waals surface area (Å²) in [6.07, 6.45) is 3.44. The summed E-state index contributed by atoms with van der Waals surface area (Å²) < 4.78 is 5.45. The fraction of sp³-hybridized carbons (Fsp3) is 0.476. The fourth-order valence-electron chi connectivity index (χ4n) is 3.91. The number of carbonyl (C=O) groups excluding carboxylic acids is 2. The van der Waals surface area contributed by atoms with Gasteiger partial charge in [-0.1, -0.05) is 25.5 Å². The number of nitro benzene ring substituents is 1. The number of Topliss-reactive ketones (excluding diaryl/α,β-unsaturated/α-hetero) is 1. The van der Waals surface area contributed by atoms with Gasteiger partial charge in [-0.15, -0.1) is 0 Å². The van der Waals surface area contributed by atoms with Crippen molar-refractivity contribution in [2.45, 2.75) is 51.9 Å². The van der Waals surface area contributed by atoms with E-state index in [9.17, 15) is 19.7 Å². The summed E-state index contributed by atoms with van der Waals surface area (Å²) in [4.78, 5) is 41.0. The minimum atomic E-state index is -0.750. The maximum atomic E-state index is 12.9. The summed E-state index contributed by atoms with van der Waals surface area (Å²) >= 11 is 0. The predicted molar refractivity (Wildman–Crippen MR) is 104 cm³/mol. The van der Waals surface area contributed by atoms with Crippen molar-refractivity contribution >= 4 is 23.2 Å². The van der Waals surface area contributed by atoms with E-state index in [2.05, 4.69) is 4.99 Å². The Morgan fingerprint density at radius 2 is 2.14 bits per heavy atom. The van der Waals surface area contributed by atoms with Crippen LogP contribution in [0.4, 0.5) is 5.69 Å². The van der Waals surface area contributed by atoms with Crippen molar-refractivity contribution in [3.63, 3.8) is 0 Å². The van der Waals surface area contributed by atoms with Crippen LogP contribution in [-0.2, 0) is 14.3 Å². The highest BCUT2D eigenvalue weighted by Crippen LogP contribution is 2.44.